The molecule has 4 heteroatoms. The molecule has 0 saturated heterocycles. The Morgan fingerprint density at radius 1 is 1.26 bits per heavy atom. The minimum absolute atomic E-state index is 0.419. The second kappa shape index (κ2) is 4.44. The average Bonchev–Trinajstić information content (AvgIpc) is 3.07. The summed E-state index contributed by atoms with van der Waals surface area (Å²) < 4.78 is 4.33. The molecule has 0 fully saturated rings. The fourth-order valence-corrected chi connectivity index (χ4v) is 3.60. The zero-order valence-electron chi connectivity index (χ0n) is 13.3. The topological polar surface area (TPSA) is 37.0 Å². The molecule has 2 aromatic carbocycles. The van der Waals surface area contributed by atoms with Crippen LogP contribution in [0.3, 0.4) is 0 Å². The van der Waals surface area contributed by atoms with E-state index in [4.69, 9.17) is 6.57 Å². The Morgan fingerprint density at radius 2 is 2.04 bits per heavy atom. The maximum atomic E-state index is 9.46. The van der Waals surface area contributed by atoms with Gasteiger partial charge in [0.05, 0.1) is 29.2 Å². The molecule has 0 unspecified atom stereocenters. The smallest absolute Gasteiger partial charge is 0.205 e. The van der Waals surface area contributed by atoms with Crippen LogP contribution < -0.4 is 4.68 Å². The summed E-state index contributed by atoms with van der Waals surface area (Å²) in [5, 5.41) is 10.3. The number of aromatic nitrogens is 2. The van der Waals surface area contributed by atoms with Gasteiger partial charge in [-0.05, 0) is 43.5 Å². The highest BCUT2D eigenvalue weighted by molar-refractivity contribution is 5.91. The van der Waals surface area contributed by atoms with Gasteiger partial charge in [-0.2, -0.15) is 5.26 Å². The molecule has 3 aromatic rings. The van der Waals surface area contributed by atoms with Crippen molar-refractivity contribution >= 4 is 16.6 Å². The summed E-state index contributed by atoms with van der Waals surface area (Å²) in [6.45, 7) is 14.5. The molecule has 0 N–H and O–H groups in total. The number of nitriles is 1. The minimum Gasteiger partial charge on any atom is -0.237 e. The molecule has 1 aromatic heterocycles. The Hall–Kier alpha value is -3.11. The second-order valence-electron chi connectivity index (χ2n) is 6.12. The third-order valence-corrected chi connectivity index (χ3v) is 4.87. The largest absolute Gasteiger partial charge is 0.237 e. The van der Waals surface area contributed by atoms with Gasteiger partial charge in [0.1, 0.15) is 11.2 Å². The number of hydrogen-bond acceptors (Lipinski definition) is 1. The molecule has 0 spiro atoms. The van der Waals surface area contributed by atoms with Crippen LogP contribution in [0.2, 0.25) is 0 Å². The van der Waals surface area contributed by atoms with Crippen molar-refractivity contribution in [3.8, 4) is 11.8 Å². The summed E-state index contributed by atoms with van der Waals surface area (Å²) in [5.41, 5.74) is 8.26. The van der Waals surface area contributed by atoms with Crippen LogP contribution in [0.5, 0.6) is 0 Å². The molecule has 0 amide bonds. The first-order valence-corrected chi connectivity index (χ1v) is 7.52. The lowest BCUT2D eigenvalue weighted by molar-refractivity contribution is -0.749. The Labute approximate surface area is 134 Å². The fraction of sp³-hybridized carbons (Fsp3) is 0.211. The SMILES string of the molecule is [C-]#[N+]c1ccc2c(c[n+]3n2-c2c(C)c(C)cc(C)c2C3)c1C#N. The van der Waals surface area contributed by atoms with E-state index in [2.05, 4.69) is 47.1 Å². The van der Waals surface area contributed by atoms with Gasteiger partial charge in [0.2, 0.25) is 11.9 Å². The minimum atomic E-state index is 0.419. The summed E-state index contributed by atoms with van der Waals surface area (Å²) in [4.78, 5) is 3.47. The Balaban J connectivity index is 2.15. The first-order chi connectivity index (χ1) is 11.1. The van der Waals surface area contributed by atoms with Crippen LogP contribution in [-0.2, 0) is 6.54 Å². The van der Waals surface area contributed by atoms with Crippen LogP contribution in [0.1, 0.15) is 27.8 Å². The predicted molar refractivity (Wildman–Crippen MR) is 87.8 cm³/mol. The van der Waals surface area contributed by atoms with E-state index in [0.29, 0.717) is 11.3 Å². The molecule has 0 atom stereocenters. The molecule has 4 nitrogen and oxygen atoms in total. The van der Waals surface area contributed by atoms with Gasteiger partial charge in [-0.25, -0.2) is 4.85 Å². The molecule has 23 heavy (non-hydrogen) atoms. The van der Waals surface area contributed by atoms with Crippen molar-refractivity contribution in [2.45, 2.75) is 27.3 Å². The van der Waals surface area contributed by atoms with Crippen LogP contribution in [0.25, 0.3) is 21.4 Å². The third-order valence-electron chi connectivity index (χ3n) is 4.87. The van der Waals surface area contributed by atoms with Crippen molar-refractivity contribution in [3.05, 3.63) is 63.6 Å². The monoisotopic (exact) mass is 299 g/mol. The summed E-state index contributed by atoms with van der Waals surface area (Å²) in [6, 6.07) is 8.13. The Kier molecular flexibility index (Phi) is 2.62. The van der Waals surface area contributed by atoms with Crippen molar-refractivity contribution in [1.29, 1.82) is 5.26 Å². The van der Waals surface area contributed by atoms with Crippen molar-refractivity contribution in [1.82, 2.24) is 4.68 Å². The van der Waals surface area contributed by atoms with E-state index >= 15 is 0 Å². The maximum absolute atomic E-state index is 9.46. The molecule has 0 saturated carbocycles. The van der Waals surface area contributed by atoms with Crippen molar-refractivity contribution < 1.29 is 4.68 Å². The van der Waals surface area contributed by atoms with Crippen LogP contribution in [0, 0.1) is 38.7 Å². The highest BCUT2D eigenvalue weighted by Crippen LogP contribution is 2.34. The molecular weight excluding hydrogens is 284 g/mol. The molecule has 0 radical (unpaired) electrons. The first-order valence-electron chi connectivity index (χ1n) is 7.52. The molecule has 2 heterocycles. The summed E-state index contributed by atoms with van der Waals surface area (Å²) in [5.74, 6) is 0. The van der Waals surface area contributed by atoms with Gasteiger partial charge in [-0.1, -0.05) is 12.1 Å². The first kappa shape index (κ1) is 13.5. The van der Waals surface area contributed by atoms with E-state index < -0.39 is 0 Å². The van der Waals surface area contributed by atoms with E-state index in [0.717, 1.165) is 17.4 Å². The number of aryl methyl sites for hydroxylation is 2. The highest BCUT2D eigenvalue weighted by atomic mass is 15.4. The number of nitrogens with zero attached hydrogens (tertiary/aromatic N) is 4. The average molecular weight is 299 g/mol. The molecule has 0 aliphatic carbocycles. The van der Waals surface area contributed by atoms with Crippen LogP contribution in [-0.4, -0.2) is 4.68 Å². The summed E-state index contributed by atoms with van der Waals surface area (Å²) >= 11 is 0. The van der Waals surface area contributed by atoms with Crippen LogP contribution in [0.4, 0.5) is 5.69 Å². The van der Waals surface area contributed by atoms with Crippen molar-refractivity contribution in [2.24, 2.45) is 0 Å². The molecule has 1 aliphatic rings. The molecule has 110 valence electrons. The van der Waals surface area contributed by atoms with Gasteiger partial charge in [0.15, 0.2) is 6.54 Å². The van der Waals surface area contributed by atoms with E-state index in [1.54, 1.807) is 6.07 Å². The van der Waals surface area contributed by atoms with Crippen LogP contribution >= 0.6 is 0 Å². The van der Waals surface area contributed by atoms with Crippen molar-refractivity contribution in [3.63, 3.8) is 0 Å². The molecule has 0 bridgehead atoms. The zero-order chi connectivity index (χ0) is 16.3. The normalized spacial score (nSPS) is 11.9. The lowest BCUT2D eigenvalue weighted by Crippen LogP contribution is -2.36. The number of fused-ring (bicyclic) bond motifs is 5. The predicted octanol–water partition coefficient (Wildman–Crippen LogP) is 3.63. The van der Waals surface area contributed by atoms with Gasteiger partial charge < -0.3 is 0 Å². The third kappa shape index (κ3) is 1.61. The van der Waals surface area contributed by atoms with Gasteiger partial charge in [-0.15, -0.1) is 9.36 Å². The zero-order valence-corrected chi connectivity index (χ0v) is 13.3. The standard InChI is InChI=1S/C19H15N4/c1-11-7-12(2)15-9-22-10-16-14(8-20)17(21-4)5-6-18(16)23(22)19(15)13(11)3/h5-7,10H,9H2,1-3H3/q+1. The van der Waals surface area contributed by atoms with E-state index in [1.807, 2.05) is 12.3 Å². The van der Waals surface area contributed by atoms with Gasteiger partial charge >= 0.3 is 0 Å². The lowest BCUT2D eigenvalue weighted by atomic mass is 9.98. The van der Waals surface area contributed by atoms with E-state index in [9.17, 15) is 5.26 Å². The fourth-order valence-electron chi connectivity index (χ4n) is 3.60. The second-order valence-corrected chi connectivity index (χ2v) is 6.12. The summed E-state index contributed by atoms with van der Waals surface area (Å²) in [7, 11) is 0. The van der Waals surface area contributed by atoms with Gasteiger partial charge in [-0.3, -0.25) is 0 Å². The quantitative estimate of drug-likeness (QED) is 0.361. The maximum Gasteiger partial charge on any atom is 0.205 e. The summed E-state index contributed by atoms with van der Waals surface area (Å²) in [6.07, 6.45) is 2.00. The number of benzene rings is 2. The Morgan fingerprint density at radius 3 is 2.74 bits per heavy atom. The van der Waals surface area contributed by atoms with Crippen LogP contribution in [0.15, 0.2) is 24.4 Å². The van der Waals surface area contributed by atoms with Gasteiger partial charge in [0.25, 0.3) is 0 Å². The van der Waals surface area contributed by atoms with E-state index in [-0.39, 0.29) is 0 Å². The number of rotatable bonds is 0. The van der Waals surface area contributed by atoms with E-state index in [1.165, 1.54) is 27.9 Å². The number of hydrogen-bond donors (Lipinski definition) is 0. The highest BCUT2D eigenvalue weighted by Gasteiger charge is 2.32. The van der Waals surface area contributed by atoms with Crippen molar-refractivity contribution in [2.75, 3.05) is 0 Å². The molecule has 1 aliphatic heterocycles. The van der Waals surface area contributed by atoms with Gasteiger partial charge in [0, 0.05) is 0 Å². The Bertz CT molecular complexity index is 1090. The lowest BCUT2D eigenvalue weighted by Gasteiger charge is -2.09. The molecular formula is C19H15N4+. The molecule has 4 rings (SSSR count).